The first-order valence-electron chi connectivity index (χ1n) is 29.9. The summed E-state index contributed by atoms with van der Waals surface area (Å²) in [7, 11) is 0. The number of ether oxygens (including phenoxy) is 2. The number of carboxylic acid groups (broad SMARTS) is 2. The molecule has 0 radical (unpaired) electrons. The number of alkyl halides is 3. The molecule has 0 unspecified atom stereocenters. The molecule has 108 heavy (non-hydrogen) atoms. The van der Waals surface area contributed by atoms with E-state index >= 15 is 0 Å². The van der Waals surface area contributed by atoms with Crippen LogP contribution in [0.25, 0.3) is 45.1 Å². The van der Waals surface area contributed by atoms with Crippen molar-refractivity contribution < 1.29 is 80.0 Å². The molecular weight excluding hydrogens is 1490 g/mol. The normalized spacial score (nSPS) is 10.5. The average molecular weight is 1550 g/mol. The standard InChI is InChI=1S/C18H11ClFN7O.C12H5Cl2FN4.C11H15N3O3.C11H14N2O4.2C6H7N3O.C2HF3O2/c19-9-1-2-12(20)10(7-9)16-26-17-14(23-5-6-24-17)18(27-16)25-13-3-4-22-8-11(13)15(21)28;13-6-1-2-8(15)7(5-6)11-18-10(14)9-12(19-11)17-4-3-16-9;1-11(2,3)17-10(16)14-8-4-5-13-6-7(8)9(12)15;1-11(2,3)17-10(16)13-8-4-5-12-6-7(8)9(14)15;2*7-5-1-2-9-3-4(5)6(8)10;3-2(4,5)1(6)7/h1-8H,(H2,21,28)(H,22,24,25,26,27);1-5H;4-6H,1-3H3,(H2,12,15)(H,13,14,16);4-6H,1-3H3,(H,14,15)(H,12,13,16);2*1-3H,(H2,7,9)(H2,8,10);(H,6,7). The van der Waals surface area contributed by atoms with E-state index in [9.17, 15) is 55.5 Å². The Hall–Kier alpha value is -13.7. The first-order chi connectivity index (χ1) is 50.6. The number of nitrogens with two attached hydrogens (primary N) is 6. The molecule has 34 nitrogen and oxygen atoms in total. The van der Waals surface area contributed by atoms with Gasteiger partial charge in [-0.15, -0.1) is 0 Å². The number of fused-ring (bicyclic) bond motifs is 2. The monoisotopic (exact) mass is 1550 g/mol. The van der Waals surface area contributed by atoms with Gasteiger partial charge in [-0.05, 0) is 108 Å². The lowest BCUT2D eigenvalue weighted by molar-refractivity contribution is -0.192. The molecule has 0 spiro atoms. The number of aliphatic carboxylic acids is 1. The minimum absolute atomic E-state index is 0.0604. The van der Waals surface area contributed by atoms with Crippen LogP contribution in [-0.4, -0.2) is 140 Å². The number of benzene rings is 2. The molecule has 42 heteroatoms. The molecule has 11 aromatic rings. The van der Waals surface area contributed by atoms with E-state index in [1.807, 2.05) is 0 Å². The fourth-order valence-corrected chi connectivity index (χ4v) is 8.17. The van der Waals surface area contributed by atoms with Gasteiger partial charge in [0.05, 0.1) is 50.4 Å². The number of amides is 6. The van der Waals surface area contributed by atoms with Crippen LogP contribution >= 0.6 is 34.8 Å². The van der Waals surface area contributed by atoms with Crippen LogP contribution < -0.4 is 50.4 Å². The highest BCUT2D eigenvalue weighted by atomic mass is 35.5. The maximum Gasteiger partial charge on any atom is 0.490 e. The average Bonchev–Trinajstić information content (AvgIpc) is 0.789. The molecule has 2 aromatic carbocycles. The van der Waals surface area contributed by atoms with Crippen molar-refractivity contribution in [3.63, 3.8) is 0 Å². The van der Waals surface area contributed by atoms with Crippen molar-refractivity contribution in [2.45, 2.75) is 58.9 Å². The second-order valence-electron chi connectivity index (χ2n) is 22.6. The van der Waals surface area contributed by atoms with Crippen molar-refractivity contribution in [2.75, 3.05) is 27.4 Å². The third-order valence-electron chi connectivity index (χ3n) is 12.2. The van der Waals surface area contributed by atoms with E-state index in [0.717, 1.165) is 6.20 Å². The van der Waals surface area contributed by atoms with E-state index in [2.05, 4.69) is 80.7 Å². The van der Waals surface area contributed by atoms with Crippen molar-refractivity contribution in [2.24, 2.45) is 22.9 Å². The van der Waals surface area contributed by atoms with E-state index in [1.165, 1.54) is 141 Å². The number of carbonyl (C=O) groups is 8. The maximum absolute atomic E-state index is 14.3. The fourth-order valence-electron chi connectivity index (χ4n) is 7.61. The topological polar surface area (TPSA) is 555 Å². The Labute approximate surface area is 621 Å². The number of anilines is 6. The van der Waals surface area contributed by atoms with Crippen LogP contribution in [-0.2, 0) is 14.3 Å². The SMILES string of the molecule is CC(C)(C)OC(=O)Nc1ccncc1C(=O)O.CC(C)(C)OC(=O)Nc1ccncc1C(N)=O.Fc1ccc(Cl)cc1-c1nc(Cl)c2nccnc2n1.NC(=O)c1cnccc1N.NC(=O)c1cnccc1N.NC(=O)c1cnccc1Nc1nc(-c2cc(Cl)ccc2F)nc2nccnc12.O=C(O)C(F)(F)F. The van der Waals surface area contributed by atoms with E-state index in [4.69, 9.17) is 93.7 Å². The predicted molar refractivity (Wildman–Crippen MR) is 384 cm³/mol. The lowest BCUT2D eigenvalue weighted by Gasteiger charge is -2.20. The Balaban J connectivity index is 0.000000235. The summed E-state index contributed by atoms with van der Waals surface area (Å²) in [5.74, 6) is -6.97. The number of nitrogens with one attached hydrogen (secondary N) is 3. The zero-order chi connectivity index (χ0) is 80.4. The Morgan fingerprint density at radius 2 is 0.787 bits per heavy atom. The molecule has 0 aliphatic carbocycles. The number of hydrogen-bond acceptors (Lipinski definition) is 26. The lowest BCUT2D eigenvalue weighted by atomic mass is 10.2. The lowest BCUT2D eigenvalue weighted by Crippen LogP contribution is -2.28. The van der Waals surface area contributed by atoms with Crippen LogP contribution in [0.15, 0.2) is 153 Å². The number of nitrogens with zero attached hydrogens (tertiary/aromatic N) is 13. The second kappa shape index (κ2) is 38.7. The van der Waals surface area contributed by atoms with Crippen molar-refractivity contribution in [3.8, 4) is 22.8 Å². The molecule has 0 saturated heterocycles. The second-order valence-corrected chi connectivity index (χ2v) is 23.8. The molecular formula is C66H60Cl3F5N22O12. The third-order valence-corrected chi connectivity index (χ3v) is 12.9. The summed E-state index contributed by atoms with van der Waals surface area (Å²) in [4.78, 5) is 138. The summed E-state index contributed by atoms with van der Waals surface area (Å²) in [5, 5.41) is 24.6. The summed E-state index contributed by atoms with van der Waals surface area (Å²) in [6, 6.07) is 15.7. The summed E-state index contributed by atoms with van der Waals surface area (Å²) >= 11 is 17.8. The maximum atomic E-state index is 14.3. The van der Waals surface area contributed by atoms with Crippen LogP contribution in [0.1, 0.15) is 93.3 Å². The predicted octanol–water partition coefficient (Wildman–Crippen LogP) is 10.5. The van der Waals surface area contributed by atoms with Gasteiger partial charge in [0.1, 0.15) is 33.9 Å². The molecule has 0 fully saturated rings. The quantitative estimate of drug-likeness (QED) is 0.0423. The number of nitrogen functional groups attached to an aromatic ring is 2. The summed E-state index contributed by atoms with van der Waals surface area (Å²) in [6.45, 7) is 10.4. The van der Waals surface area contributed by atoms with Gasteiger partial charge in [0, 0.05) is 108 Å². The van der Waals surface area contributed by atoms with Gasteiger partial charge in [-0.2, -0.15) is 13.2 Å². The smallest absolute Gasteiger partial charge is 0.478 e. The molecule has 0 atom stereocenters. The molecule has 0 bridgehead atoms. The zero-order valence-electron chi connectivity index (χ0n) is 56.7. The van der Waals surface area contributed by atoms with Crippen molar-refractivity contribution in [1.82, 2.24) is 64.8 Å². The molecule has 17 N–H and O–H groups in total. The minimum atomic E-state index is -5.08. The van der Waals surface area contributed by atoms with Gasteiger partial charge < -0.3 is 59.4 Å². The van der Waals surface area contributed by atoms with Crippen LogP contribution in [0.2, 0.25) is 15.2 Å². The summed E-state index contributed by atoms with van der Waals surface area (Å²) in [5.41, 5.74) is 33.8. The highest BCUT2D eigenvalue weighted by molar-refractivity contribution is 6.33. The zero-order valence-corrected chi connectivity index (χ0v) is 59.0. The Kier molecular flexibility index (Phi) is 30.5. The molecule has 0 aliphatic heterocycles. The van der Waals surface area contributed by atoms with E-state index in [0.29, 0.717) is 43.8 Å². The van der Waals surface area contributed by atoms with Crippen molar-refractivity contribution in [1.29, 1.82) is 0 Å². The number of aromatic carboxylic acids is 1. The van der Waals surface area contributed by atoms with E-state index in [1.54, 1.807) is 47.6 Å². The number of carbonyl (C=O) groups excluding carboxylic acids is 6. The third kappa shape index (κ3) is 26.8. The number of hydrogen-bond donors (Lipinski definition) is 11. The van der Waals surface area contributed by atoms with Gasteiger partial charge in [-0.25, -0.2) is 67.8 Å². The van der Waals surface area contributed by atoms with Crippen LogP contribution in [0.4, 0.5) is 65.8 Å². The van der Waals surface area contributed by atoms with Gasteiger partial charge in [0.2, 0.25) is 0 Å². The number of pyridine rings is 5. The molecule has 9 aromatic heterocycles. The van der Waals surface area contributed by atoms with E-state index < -0.39 is 76.8 Å². The number of aromatic nitrogens is 13. The Morgan fingerprint density at radius 3 is 1.17 bits per heavy atom. The molecule has 9 heterocycles. The van der Waals surface area contributed by atoms with Gasteiger partial charge in [0.15, 0.2) is 39.4 Å². The molecule has 11 rings (SSSR count). The number of carboxylic acids is 2. The largest absolute Gasteiger partial charge is 0.490 e. The van der Waals surface area contributed by atoms with Crippen LogP contribution in [0, 0.1) is 11.6 Å². The first kappa shape index (κ1) is 85.0. The van der Waals surface area contributed by atoms with Crippen LogP contribution in [0.5, 0.6) is 0 Å². The van der Waals surface area contributed by atoms with Gasteiger partial charge in [-0.3, -0.25) is 54.7 Å². The van der Waals surface area contributed by atoms with Crippen LogP contribution in [0.3, 0.4) is 0 Å². The summed E-state index contributed by atoms with van der Waals surface area (Å²) in [6.07, 6.45) is 13.2. The van der Waals surface area contributed by atoms with Crippen molar-refractivity contribution >= 4 is 139 Å². The van der Waals surface area contributed by atoms with Gasteiger partial charge in [-0.1, -0.05) is 34.8 Å². The van der Waals surface area contributed by atoms with Gasteiger partial charge in [0.25, 0.3) is 23.6 Å². The Bertz CT molecular complexity index is 4970. The first-order valence-corrected chi connectivity index (χ1v) is 31.0. The fraction of sp³-hybridized carbons (Fsp3) is 0.136. The minimum Gasteiger partial charge on any atom is -0.478 e. The number of rotatable bonds is 11. The Morgan fingerprint density at radius 1 is 0.444 bits per heavy atom. The highest BCUT2D eigenvalue weighted by Crippen LogP contribution is 2.31. The number of primary amides is 4. The summed E-state index contributed by atoms with van der Waals surface area (Å²) < 4.78 is 69.9. The van der Waals surface area contributed by atoms with Gasteiger partial charge >= 0.3 is 30.3 Å². The molecule has 0 saturated carbocycles. The van der Waals surface area contributed by atoms with E-state index in [-0.39, 0.29) is 78.6 Å². The number of halogens is 8. The van der Waals surface area contributed by atoms with Crippen molar-refractivity contribution in [3.05, 3.63) is 208 Å². The molecule has 0 aliphatic rings. The highest BCUT2D eigenvalue weighted by Gasteiger charge is 2.38. The molecule has 562 valence electrons. The molecule has 6 amide bonds.